The number of aryl methyl sites for hydroxylation is 1. The van der Waals surface area contributed by atoms with Gasteiger partial charge in [0.2, 0.25) is 0 Å². The second-order valence-electron chi connectivity index (χ2n) is 6.32. The van der Waals surface area contributed by atoms with Crippen LogP contribution in [0.15, 0.2) is 12.4 Å². The Morgan fingerprint density at radius 1 is 1.25 bits per heavy atom. The summed E-state index contributed by atoms with van der Waals surface area (Å²) in [7, 11) is 0. The van der Waals surface area contributed by atoms with E-state index in [1.54, 1.807) is 11.1 Å². The first-order valence-corrected chi connectivity index (χ1v) is 8.40. The van der Waals surface area contributed by atoms with Crippen molar-refractivity contribution in [1.29, 1.82) is 0 Å². The summed E-state index contributed by atoms with van der Waals surface area (Å²) in [5.74, 6) is 0. The molecule has 1 fully saturated rings. The van der Waals surface area contributed by atoms with Crippen LogP contribution in [0, 0.1) is 0 Å². The van der Waals surface area contributed by atoms with Crippen LogP contribution in [-0.2, 0) is 17.7 Å². The van der Waals surface area contributed by atoms with Crippen LogP contribution in [-0.4, -0.2) is 23.8 Å². The van der Waals surface area contributed by atoms with E-state index in [0.29, 0.717) is 12.1 Å². The molecule has 2 heterocycles. The van der Waals surface area contributed by atoms with Gasteiger partial charge in [0.15, 0.2) is 0 Å². The van der Waals surface area contributed by atoms with Gasteiger partial charge < -0.3 is 14.6 Å². The van der Waals surface area contributed by atoms with Crippen LogP contribution in [0.3, 0.4) is 0 Å². The largest absolute Gasteiger partial charge is 0.376 e. The molecule has 1 saturated heterocycles. The van der Waals surface area contributed by atoms with Crippen LogP contribution < -0.4 is 5.32 Å². The molecule has 2 unspecified atom stereocenters. The lowest BCUT2D eigenvalue weighted by Crippen LogP contribution is -2.22. The quantitative estimate of drug-likeness (QED) is 0.834. The minimum Gasteiger partial charge on any atom is -0.376 e. The third kappa shape index (κ3) is 3.26. The molecule has 3 rings (SSSR count). The van der Waals surface area contributed by atoms with Crippen molar-refractivity contribution in [3.8, 4) is 0 Å². The van der Waals surface area contributed by atoms with Gasteiger partial charge >= 0.3 is 0 Å². The monoisotopic (exact) mass is 276 g/mol. The predicted molar refractivity (Wildman–Crippen MR) is 82.0 cm³/mol. The van der Waals surface area contributed by atoms with Gasteiger partial charge in [0.1, 0.15) is 0 Å². The van der Waals surface area contributed by atoms with Crippen molar-refractivity contribution in [2.45, 2.75) is 70.6 Å². The molecular formula is C17H28N2O. The van der Waals surface area contributed by atoms with Gasteiger partial charge in [-0.3, -0.25) is 0 Å². The number of ether oxygens (including phenoxy) is 1. The molecule has 0 spiro atoms. The third-order valence-corrected chi connectivity index (χ3v) is 4.64. The number of hydrogen-bond acceptors (Lipinski definition) is 2. The average molecular weight is 276 g/mol. The topological polar surface area (TPSA) is 26.2 Å². The lowest BCUT2D eigenvalue weighted by atomic mass is 10.0. The number of nitrogens with one attached hydrogen (secondary N) is 1. The molecular weight excluding hydrogens is 248 g/mol. The Morgan fingerprint density at radius 2 is 2.20 bits per heavy atom. The van der Waals surface area contributed by atoms with Crippen LogP contribution in [0.4, 0.5) is 0 Å². The van der Waals surface area contributed by atoms with Crippen molar-refractivity contribution < 1.29 is 4.74 Å². The molecule has 3 nitrogen and oxygen atoms in total. The normalized spacial score (nSPS) is 26.4. The fourth-order valence-electron chi connectivity index (χ4n) is 3.58. The van der Waals surface area contributed by atoms with Crippen LogP contribution in [0.2, 0.25) is 0 Å². The van der Waals surface area contributed by atoms with Crippen molar-refractivity contribution in [2.24, 2.45) is 0 Å². The van der Waals surface area contributed by atoms with Gasteiger partial charge in [0.25, 0.3) is 0 Å². The molecule has 2 atom stereocenters. The molecule has 0 saturated carbocycles. The second-order valence-corrected chi connectivity index (χ2v) is 6.32. The minimum atomic E-state index is 0.438. The van der Waals surface area contributed by atoms with Gasteiger partial charge in [-0.25, -0.2) is 0 Å². The van der Waals surface area contributed by atoms with Crippen LogP contribution in [0.25, 0.3) is 0 Å². The Labute approximate surface area is 122 Å². The number of aromatic nitrogens is 1. The maximum atomic E-state index is 5.77. The summed E-state index contributed by atoms with van der Waals surface area (Å²) >= 11 is 0. The molecule has 3 heteroatoms. The molecule has 1 aliphatic carbocycles. The third-order valence-electron chi connectivity index (χ3n) is 4.64. The molecule has 0 radical (unpaired) electrons. The first kappa shape index (κ1) is 14.2. The number of rotatable bonds is 5. The van der Waals surface area contributed by atoms with Gasteiger partial charge in [0.05, 0.1) is 6.10 Å². The van der Waals surface area contributed by atoms with Gasteiger partial charge in [0, 0.05) is 31.6 Å². The zero-order valence-electron chi connectivity index (χ0n) is 12.7. The van der Waals surface area contributed by atoms with Crippen LogP contribution in [0.1, 0.15) is 62.6 Å². The van der Waals surface area contributed by atoms with Crippen molar-refractivity contribution in [3.63, 3.8) is 0 Å². The Hall–Kier alpha value is -0.800. The van der Waals surface area contributed by atoms with Crippen molar-refractivity contribution in [1.82, 2.24) is 9.88 Å². The summed E-state index contributed by atoms with van der Waals surface area (Å²) in [5, 5.41) is 3.73. The molecule has 0 aromatic carbocycles. The molecule has 0 amide bonds. The lowest BCUT2D eigenvalue weighted by Gasteiger charge is -2.17. The molecule has 1 aromatic rings. The van der Waals surface area contributed by atoms with E-state index in [1.165, 1.54) is 44.9 Å². The minimum absolute atomic E-state index is 0.438. The first-order valence-electron chi connectivity index (χ1n) is 8.40. The highest BCUT2D eigenvalue weighted by molar-refractivity contribution is 5.29. The molecule has 0 bridgehead atoms. The van der Waals surface area contributed by atoms with E-state index < -0.39 is 0 Å². The van der Waals surface area contributed by atoms with E-state index in [9.17, 15) is 0 Å². The highest BCUT2D eigenvalue weighted by atomic mass is 16.5. The van der Waals surface area contributed by atoms with E-state index in [4.69, 9.17) is 4.74 Å². The fourth-order valence-corrected chi connectivity index (χ4v) is 3.58. The summed E-state index contributed by atoms with van der Waals surface area (Å²) in [4.78, 5) is 0. The van der Waals surface area contributed by atoms with Crippen LogP contribution in [0.5, 0.6) is 0 Å². The van der Waals surface area contributed by atoms with Crippen LogP contribution >= 0.6 is 0 Å². The van der Waals surface area contributed by atoms with E-state index in [-0.39, 0.29) is 0 Å². The number of nitrogens with zero attached hydrogens (tertiary/aromatic N) is 1. The molecule has 1 N–H and O–H groups in total. The zero-order valence-corrected chi connectivity index (χ0v) is 12.7. The average Bonchev–Trinajstić information content (AvgIpc) is 3.05. The molecule has 2 aliphatic rings. The highest BCUT2D eigenvalue weighted by Gasteiger charge is 2.22. The summed E-state index contributed by atoms with van der Waals surface area (Å²) in [6.45, 7) is 5.36. The number of fused-ring (bicyclic) bond motifs is 1. The van der Waals surface area contributed by atoms with Gasteiger partial charge in [-0.2, -0.15) is 0 Å². The smallest absolute Gasteiger partial charge is 0.0754 e. The highest BCUT2D eigenvalue weighted by Crippen LogP contribution is 2.30. The molecule has 112 valence electrons. The number of hydrogen-bond donors (Lipinski definition) is 1. The van der Waals surface area contributed by atoms with Crippen molar-refractivity contribution >= 4 is 0 Å². The summed E-state index contributed by atoms with van der Waals surface area (Å²) in [5.41, 5.74) is 3.11. The summed E-state index contributed by atoms with van der Waals surface area (Å²) < 4.78 is 8.15. The van der Waals surface area contributed by atoms with Crippen molar-refractivity contribution in [3.05, 3.63) is 23.5 Å². The van der Waals surface area contributed by atoms with Gasteiger partial charge in [-0.15, -0.1) is 0 Å². The SMILES string of the molecule is CCCNC1CCCCc2cn(CC3CCCO3)cc21. The van der Waals surface area contributed by atoms with Gasteiger partial charge in [-0.05, 0) is 56.2 Å². The first-order chi connectivity index (χ1) is 9.86. The molecule has 20 heavy (non-hydrogen) atoms. The van der Waals surface area contributed by atoms with E-state index >= 15 is 0 Å². The Balaban J connectivity index is 1.72. The maximum absolute atomic E-state index is 5.77. The molecule has 1 aromatic heterocycles. The fraction of sp³-hybridized carbons (Fsp3) is 0.765. The molecule has 1 aliphatic heterocycles. The second kappa shape index (κ2) is 6.77. The maximum Gasteiger partial charge on any atom is 0.0754 e. The van der Waals surface area contributed by atoms with E-state index in [0.717, 1.165) is 19.7 Å². The van der Waals surface area contributed by atoms with Crippen molar-refractivity contribution in [2.75, 3.05) is 13.2 Å². The Bertz CT molecular complexity index is 421. The Morgan fingerprint density at radius 3 is 3.00 bits per heavy atom. The standard InChI is InChI=1S/C17H28N2O/c1-2-9-18-17-8-4-3-6-14-11-19(13-16(14)17)12-15-7-5-10-20-15/h11,13,15,17-18H,2-10,12H2,1H3. The predicted octanol–water partition coefficient (Wildman–Crippen LogP) is 3.43. The summed E-state index contributed by atoms with van der Waals surface area (Å²) in [6.07, 6.45) is 14.1. The Kier molecular flexibility index (Phi) is 4.79. The van der Waals surface area contributed by atoms with Gasteiger partial charge in [-0.1, -0.05) is 13.3 Å². The lowest BCUT2D eigenvalue weighted by molar-refractivity contribution is 0.0970. The van der Waals surface area contributed by atoms with E-state index in [2.05, 4.69) is 29.2 Å². The summed E-state index contributed by atoms with van der Waals surface area (Å²) in [6, 6.07) is 0.568. The zero-order chi connectivity index (χ0) is 13.8. The van der Waals surface area contributed by atoms with E-state index in [1.807, 2.05) is 0 Å².